The minimum absolute atomic E-state index is 0. The van der Waals surface area contributed by atoms with Crippen LogP contribution in [0.15, 0.2) is 42.5 Å². The Labute approximate surface area is 206 Å². The van der Waals surface area contributed by atoms with E-state index in [1.807, 2.05) is 32.0 Å². The van der Waals surface area contributed by atoms with E-state index in [9.17, 15) is 9.18 Å². The third-order valence-electron chi connectivity index (χ3n) is 5.87. The second-order valence-electron chi connectivity index (χ2n) is 8.29. The molecule has 0 atom stereocenters. The molecule has 1 aliphatic heterocycles. The number of rotatable bonds is 4. The zero-order chi connectivity index (χ0) is 21.3. The Bertz CT molecular complexity index is 764. The fraction of sp³-hybridized carbons (Fsp3) is 0.480. The third-order valence-corrected chi connectivity index (χ3v) is 5.87. The predicted octanol–water partition coefficient (Wildman–Crippen LogP) is 5.78. The molecule has 1 radical (unpaired) electrons. The molecule has 1 saturated heterocycles. The molecular weight excluding hydrogens is 452 g/mol. The summed E-state index contributed by atoms with van der Waals surface area (Å²) in [6.45, 7) is 11.6. The van der Waals surface area contributed by atoms with Crippen LogP contribution >= 0.6 is 0 Å². The van der Waals surface area contributed by atoms with E-state index < -0.39 is 0 Å². The summed E-state index contributed by atoms with van der Waals surface area (Å²) >= 11 is 0. The standard InChI is InChI=1S/C18H27FN2O.C7H8.Y/c1-4-21(9-7-5-6-8-10-21)13-17(22)20-18-14(2)11-16(19)12-15(18)3;1-7-5-3-2-4-6-7;/h11-12H,4-10,13H2,1-3H3;2-6H,1H3;/p+1. The largest absolute Gasteiger partial charge is 0.321 e. The van der Waals surface area contributed by atoms with Gasteiger partial charge in [0.1, 0.15) is 5.82 Å². The molecule has 1 amide bonds. The van der Waals surface area contributed by atoms with E-state index in [0.29, 0.717) is 6.54 Å². The number of anilines is 1. The van der Waals surface area contributed by atoms with Gasteiger partial charge in [-0.1, -0.05) is 35.9 Å². The van der Waals surface area contributed by atoms with Crippen LogP contribution in [0.3, 0.4) is 0 Å². The van der Waals surface area contributed by atoms with Gasteiger partial charge in [0.25, 0.3) is 5.91 Å². The molecule has 1 fully saturated rings. The van der Waals surface area contributed by atoms with Gasteiger partial charge in [-0.3, -0.25) is 4.79 Å². The van der Waals surface area contributed by atoms with Crippen molar-refractivity contribution in [2.75, 3.05) is 31.5 Å². The first-order valence-electron chi connectivity index (χ1n) is 10.8. The number of quaternary nitrogens is 1. The minimum Gasteiger partial charge on any atom is -0.321 e. The van der Waals surface area contributed by atoms with E-state index in [1.54, 1.807) is 0 Å². The van der Waals surface area contributed by atoms with Gasteiger partial charge in [0.05, 0.1) is 19.6 Å². The summed E-state index contributed by atoms with van der Waals surface area (Å²) in [6, 6.07) is 13.2. The number of likely N-dealkylation sites (N-methyl/N-ethyl adjacent to an activating group) is 1. The zero-order valence-electron chi connectivity index (χ0n) is 19.0. The quantitative estimate of drug-likeness (QED) is 0.543. The second kappa shape index (κ2) is 13.3. The number of carbonyl (C=O) groups excluding carboxylic acids is 1. The Morgan fingerprint density at radius 3 is 1.93 bits per heavy atom. The molecule has 5 heteroatoms. The predicted molar refractivity (Wildman–Crippen MR) is 120 cm³/mol. The van der Waals surface area contributed by atoms with Crippen molar-refractivity contribution in [3.05, 3.63) is 65.0 Å². The first-order chi connectivity index (χ1) is 13.8. The van der Waals surface area contributed by atoms with Gasteiger partial charge in [-0.15, -0.1) is 0 Å². The van der Waals surface area contributed by atoms with E-state index in [-0.39, 0.29) is 44.4 Å². The summed E-state index contributed by atoms with van der Waals surface area (Å²) in [6.07, 6.45) is 4.96. The van der Waals surface area contributed by atoms with Gasteiger partial charge in [-0.25, -0.2) is 4.39 Å². The molecule has 1 N–H and O–H groups in total. The molecule has 0 aliphatic carbocycles. The van der Waals surface area contributed by atoms with E-state index >= 15 is 0 Å². The van der Waals surface area contributed by atoms with Crippen molar-refractivity contribution in [3.8, 4) is 0 Å². The van der Waals surface area contributed by atoms with Crippen molar-refractivity contribution in [3.63, 3.8) is 0 Å². The normalized spacial score (nSPS) is 15.1. The molecule has 30 heavy (non-hydrogen) atoms. The molecule has 0 spiro atoms. The maximum atomic E-state index is 13.4. The first-order valence-corrected chi connectivity index (χ1v) is 10.8. The van der Waals surface area contributed by atoms with Crippen LogP contribution in [0.2, 0.25) is 0 Å². The van der Waals surface area contributed by atoms with Crippen LogP contribution in [0.4, 0.5) is 10.1 Å². The summed E-state index contributed by atoms with van der Waals surface area (Å²) in [5, 5.41) is 3.01. The first kappa shape index (κ1) is 26.9. The van der Waals surface area contributed by atoms with Crippen LogP contribution in [-0.4, -0.2) is 36.6 Å². The van der Waals surface area contributed by atoms with E-state index in [4.69, 9.17) is 0 Å². The Kier molecular flexibility index (Phi) is 12.0. The molecular formula is C25H36FN2OY+. The van der Waals surface area contributed by atoms with Crippen molar-refractivity contribution in [1.82, 2.24) is 0 Å². The van der Waals surface area contributed by atoms with E-state index in [1.165, 1.54) is 43.4 Å². The number of carbonyl (C=O) groups is 1. The molecule has 2 aromatic rings. The van der Waals surface area contributed by atoms with Crippen molar-refractivity contribution < 1.29 is 46.4 Å². The van der Waals surface area contributed by atoms with Gasteiger partial charge in [0.2, 0.25) is 0 Å². The third kappa shape index (κ3) is 8.57. The summed E-state index contributed by atoms with van der Waals surface area (Å²) in [4.78, 5) is 12.5. The summed E-state index contributed by atoms with van der Waals surface area (Å²) in [5.41, 5.74) is 3.65. The van der Waals surface area contributed by atoms with E-state index in [2.05, 4.69) is 31.3 Å². The van der Waals surface area contributed by atoms with Gasteiger partial charge in [0, 0.05) is 38.4 Å². The van der Waals surface area contributed by atoms with Gasteiger partial charge in [-0.2, -0.15) is 0 Å². The van der Waals surface area contributed by atoms with Crippen LogP contribution in [0.25, 0.3) is 0 Å². The zero-order valence-corrected chi connectivity index (χ0v) is 21.8. The second-order valence-corrected chi connectivity index (χ2v) is 8.29. The Morgan fingerprint density at radius 1 is 0.967 bits per heavy atom. The minimum atomic E-state index is -0.252. The fourth-order valence-corrected chi connectivity index (χ4v) is 4.07. The molecule has 0 saturated carbocycles. The number of nitrogens with one attached hydrogen (secondary N) is 1. The summed E-state index contributed by atoms with van der Waals surface area (Å²) < 4.78 is 14.2. The SMILES string of the molecule is CC[N+]1(CC(=O)Nc2c(C)cc(F)cc2C)CCCCCC1.Cc1ccccc1.[Y]. The molecule has 0 bridgehead atoms. The Hall–Kier alpha value is -1.10. The number of amides is 1. The number of benzene rings is 2. The molecule has 1 heterocycles. The Morgan fingerprint density at radius 2 is 1.50 bits per heavy atom. The van der Waals surface area contributed by atoms with Crippen molar-refractivity contribution in [1.29, 1.82) is 0 Å². The maximum absolute atomic E-state index is 13.4. The van der Waals surface area contributed by atoms with Gasteiger partial charge < -0.3 is 9.80 Å². The van der Waals surface area contributed by atoms with Crippen LogP contribution in [-0.2, 0) is 37.5 Å². The van der Waals surface area contributed by atoms with Gasteiger partial charge >= 0.3 is 0 Å². The molecule has 161 valence electrons. The molecule has 3 rings (SSSR count). The number of likely N-dealkylation sites (tertiary alicyclic amines) is 1. The summed E-state index contributed by atoms with van der Waals surface area (Å²) in [5.74, 6) is -0.209. The van der Waals surface area contributed by atoms with Crippen LogP contribution in [0.1, 0.15) is 49.3 Å². The summed E-state index contributed by atoms with van der Waals surface area (Å²) in [7, 11) is 0. The number of halogens is 1. The number of hydrogen-bond acceptors (Lipinski definition) is 1. The van der Waals surface area contributed by atoms with Crippen LogP contribution in [0, 0.1) is 26.6 Å². The van der Waals surface area contributed by atoms with Crippen LogP contribution < -0.4 is 5.32 Å². The van der Waals surface area contributed by atoms with Crippen LogP contribution in [0.5, 0.6) is 0 Å². The van der Waals surface area contributed by atoms with Crippen molar-refractivity contribution in [2.24, 2.45) is 0 Å². The van der Waals surface area contributed by atoms with Gasteiger partial charge in [0.15, 0.2) is 6.54 Å². The average molecular weight is 488 g/mol. The molecule has 2 aromatic carbocycles. The molecule has 3 nitrogen and oxygen atoms in total. The maximum Gasteiger partial charge on any atom is 0.279 e. The van der Waals surface area contributed by atoms with Gasteiger partial charge in [-0.05, 0) is 76.6 Å². The van der Waals surface area contributed by atoms with Crippen molar-refractivity contribution in [2.45, 2.75) is 53.4 Å². The molecule has 0 aromatic heterocycles. The molecule has 1 aliphatic rings. The van der Waals surface area contributed by atoms with E-state index in [0.717, 1.165) is 40.9 Å². The molecule has 0 unspecified atom stereocenters. The average Bonchev–Trinajstić information content (AvgIpc) is 2.92. The number of nitrogens with zero attached hydrogens (tertiary/aromatic N) is 1. The fourth-order valence-electron chi connectivity index (χ4n) is 4.07. The monoisotopic (exact) mass is 488 g/mol. The van der Waals surface area contributed by atoms with Crippen molar-refractivity contribution >= 4 is 11.6 Å². The smallest absolute Gasteiger partial charge is 0.279 e. The Balaban J connectivity index is 0.000000477. The number of hydrogen-bond donors (Lipinski definition) is 1. The topological polar surface area (TPSA) is 29.1 Å². The number of aryl methyl sites for hydroxylation is 3.